The molecule has 1 unspecified atom stereocenters. The molecule has 16 heavy (non-hydrogen) atoms. The minimum atomic E-state index is 0.0474. The number of benzene rings is 1. The summed E-state index contributed by atoms with van der Waals surface area (Å²) in [7, 11) is 0. The Morgan fingerprint density at radius 2 is 1.81 bits per heavy atom. The van der Waals surface area contributed by atoms with Crippen LogP contribution in [0.3, 0.4) is 0 Å². The Labute approximate surface area is 98.2 Å². The monoisotopic (exact) mass is 217 g/mol. The molecule has 0 fully saturated rings. The fourth-order valence-corrected chi connectivity index (χ4v) is 1.51. The van der Waals surface area contributed by atoms with Crippen molar-refractivity contribution in [2.75, 3.05) is 13.1 Å². The highest BCUT2D eigenvalue weighted by molar-refractivity contribution is 5.32. The van der Waals surface area contributed by atoms with E-state index < -0.39 is 0 Å². The molecule has 1 atom stereocenters. The van der Waals surface area contributed by atoms with Crippen molar-refractivity contribution >= 4 is 0 Å². The molecule has 0 aliphatic carbocycles. The van der Waals surface area contributed by atoms with Gasteiger partial charge in [-0.2, -0.15) is 0 Å². The topological polar surface area (TPSA) is 12.5 Å². The van der Waals surface area contributed by atoms with Gasteiger partial charge in [-0.15, -0.1) is 0 Å². The predicted molar refractivity (Wildman–Crippen MR) is 66.8 cm³/mol. The highest BCUT2D eigenvalue weighted by Gasteiger charge is 2.08. The standard InChI is InChI=1S/C14H19NO/c1-4-15(5-2)13(3)16-12-11-14-9-7-6-8-10-14/h6-10,13H,4-5H2,1-3H3. The van der Waals surface area contributed by atoms with Gasteiger partial charge in [0.15, 0.2) is 6.23 Å². The highest BCUT2D eigenvalue weighted by atomic mass is 16.5. The second-order valence-electron chi connectivity index (χ2n) is 3.53. The Morgan fingerprint density at radius 1 is 1.19 bits per heavy atom. The van der Waals surface area contributed by atoms with Gasteiger partial charge in [-0.1, -0.05) is 32.0 Å². The fourth-order valence-electron chi connectivity index (χ4n) is 1.51. The zero-order valence-electron chi connectivity index (χ0n) is 10.2. The van der Waals surface area contributed by atoms with Crippen LogP contribution in [0.25, 0.3) is 0 Å². The summed E-state index contributed by atoms with van der Waals surface area (Å²) in [6, 6.07) is 9.86. The van der Waals surface area contributed by atoms with E-state index in [0.29, 0.717) is 0 Å². The fraction of sp³-hybridized carbons (Fsp3) is 0.429. The van der Waals surface area contributed by atoms with Gasteiger partial charge in [0.2, 0.25) is 0 Å². The van der Waals surface area contributed by atoms with E-state index in [1.54, 1.807) is 0 Å². The van der Waals surface area contributed by atoms with E-state index in [2.05, 4.69) is 30.8 Å². The average Bonchev–Trinajstić information content (AvgIpc) is 2.32. The van der Waals surface area contributed by atoms with Gasteiger partial charge in [-0.05, 0) is 38.1 Å². The summed E-state index contributed by atoms with van der Waals surface area (Å²) >= 11 is 0. The van der Waals surface area contributed by atoms with Gasteiger partial charge < -0.3 is 4.74 Å². The molecule has 86 valence electrons. The lowest BCUT2D eigenvalue weighted by molar-refractivity contribution is 0.0251. The molecular weight excluding hydrogens is 198 g/mol. The lowest BCUT2D eigenvalue weighted by Gasteiger charge is -2.23. The number of hydrogen-bond acceptors (Lipinski definition) is 2. The van der Waals surface area contributed by atoms with Gasteiger partial charge in [-0.3, -0.25) is 4.90 Å². The van der Waals surface area contributed by atoms with Crippen molar-refractivity contribution in [3.05, 3.63) is 35.9 Å². The molecule has 0 aliphatic rings. The molecule has 2 heteroatoms. The van der Waals surface area contributed by atoms with Crippen LogP contribution in [0.2, 0.25) is 0 Å². The maximum absolute atomic E-state index is 5.45. The molecule has 0 bridgehead atoms. The summed E-state index contributed by atoms with van der Waals surface area (Å²) in [4.78, 5) is 2.21. The molecule has 1 aromatic carbocycles. The molecule has 0 saturated carbocycles. The average molecular weight is 217 g/mol. The SMILES string of the molecule is CCN(CC)C(C)OC#Cc1ccccc1. The van der Waals surface area contributed by atoms with E-state index in [4.69, 9.17) is 4.74 Å². The first kappa shape index (κ1) is 12.6. The highest BCUT2D eigenvalue weighted by Crippen LogP contribution is 2.00. The van der Waals surface area contributed by atoms with Crippen molar-refractivity contribution in [2.45, 2.75) is 27.0 Å². The van der Waals surface area contributed by atoms with E-state index in [-0.39, 0.29) is 6.23 Å². The Hall–Kier alpha value is -1.46. The molecule has 1 rings (SSSR count). The van der Waals surface area contributed by atoms with Gasteiger partial charge in [0.25, 0.3) is 0 Å². The Bertz CT molecular complexity index is 346. The summed E-state index contributed by atoms with van der Waals surface area (Å²) in [5.74, 6) is 2.98. The molecule has 0 N–H and O–H groups in total. The van der Waals surface area contributed by atoms with E-state index >= 15 is 0 Å². The van der Waals surface area contributed by atoms with Crippen LogP contribution in [0.4, 0.5) is 0 Å². The van der Waals surface area contributed by atoms with Crippen LogP contribution in [-0.4, -0.2) is 24.2 Å². The van der Waals surface area contributed by atoms with Crippen LogP contribution >= 0.6 is 0 Å². The third-order valence-corrected chi connectivity index (χ3v) is 2.53. The van der Waals surface area contributed by atoms with Crippen molar-refractivity contribution in [2.24, 2.45) is 0 Å². The first-order valence-corrected chi connectivity index (χ1v) is 5.73. The lowest BCUT2D eigenvalue weighted by Crippen LogP contribution is -2.33. The van der Waals surface area contributed by atoms with Gasteiger partial charge in [0.1, 0.15) is 6.11 Å². The molecule has 0 radical (unpaired) electrons. The first-order chi connectivity index (χ1) is 7.77. The van der Waals surface area contributed by atoms with Crippen LogP contribution in [-0.2, 0) is 4.74 Å². The maximum Gasteiger partial charge on any atom is 0.161 e. The largest absolute Gasteiger partial charge is 0.427 e. The smallest absolute Gasteiger partial charge is 0.161 e. The minimum Gasteiger partial charge on any atom is -0.427 e. The van der Waals surface area contributed by atoms with E-state index in [1.165, 1.54) is 0 Å². The van der Waals surface area contributed by atoms with Gasteiger partial charge in [0.05, 0.1) is 0 Å². The molecule has 2 nitrogen and oxygen atoms in total. The normalized spacial score (nSPS) is 11.8. The van der Waals surface area contributed by atoms with E-state index in [0.717, 1.165) is 18.7 Å². The minimum absolute atomic E-state index is 0.0474. The molecule has 0 spiro atoms. The number of nitrogens with zero attached hydrogens (tertiary/aromatic N) is 1. The summed E-state index contributed by atoms with van der Waals surface area (Å²) < 4.78 is 5.45. The van der Waals surface area contributed by atoms with Crippen molar-refractivity contribution < 1.29 is 4.74 Å². The van der Waals surface area contributed by atoms with Crippen molar-refractivity contribution in [3.8, 4) is 12.0 Å². The molecular formula is C14H19NO. The van der Waals surface area contributed by atoms with Crippen LogP contribution in [0, 0.1) is 12.0 Å². The molecule has 0 aliphatic heterocycles. The summed E-state index contributed by atoms with van der Waals surface area (Å²) in [6.45, 7) is 8.21. The number of hydrogen-bond donors (Lipinski definition) is 0. The predicted octanol–water partition coefficient (Wildman–Crippen LogP) is 2.70. The molecule has 0 amide bonds. The van der Waals surface area contributed by atoms with Crippen molar-refractivity contribution in [1.82, 2.24) is 4.90 Å². The molecule has 0 heterocycles. The first-order valence-electron chi connectivity index (χ1n) is 5.73. The molecule has 1 aromatic rings. The van der Waals surface area contributed by atoms with Crippen LogP contribution in [0.5, 0.6) is 0 Å². The Morgan fingerprint density at radius 3 is 2.38 bits per heavy atom. The molecule has 0 aromatic heterocycles. The molecule has 0 saturated heterocycles. The third kappa shape index (κ3) is 3.96. The Balaban J connectivity index is 2.48. The Kier molecular flexibility index (Phi) is 5.45. The maximum atomic E-state index is 5.45. The zero-order chi connectivity index (χ0) is 11.8. The summed E-state index contributed by atoms with van der Waals surface area (Å²) in [6.07, 6.45) is 2.81. The van der Waals surface area contributed by atoms with Crippen LogP contribution in [0.15, 0.2) is 30.3 Å². The van der Waals surface area contributed by atoms with Crippen molar-refractivity contribution in [1.29, 1.82) is 0 Å². The quantitative estimate of drug-likeness (QED) is 0.568. The van der Waals surface area contributed by atoms with E-state index in [9.17, 15) is 0 Å². The van der Waals surface area contributed by atoms with Crippen LogP contribution < -0.4 is 0 Å². The van der Waals surface area contributed by atoms with Crippen molar-refractivity contribution in [3.63, 3.8) is 0 Å². The second-order valence-corrected chi connectivity index (χ2v) is 3.53. The summed E-state index contributed by atoms with van der Waals surface area (Å²) in [5, 5.41) is 0. The number of rotatable bonds is 4. The zero-order valence-corrected chi connectivity index (χ0v) is 10.2. The summed E-state index contributed by atoms with van der Waals surface area (Å²) in [5.41, 5.74) is 0.981. The second kappa shape index (κ2) is 6.92. The number of ether oxygens (including phenoxy) is 1. The van der Waals surface area contributed by atoms with E-state index in [1.807, 2.05) is 37.3 Å². The third-order valence-electron chi connectivity index (χ3n) is 2.53. The lowest BCUT2D eigenvalue weighted by atomic mass is 10.2. The van der Waals surface area contributed by atoms with Crippen LogP contribution in [0.1, 0.15) is 26.3 Å². The van der Waals surface area contributed by atoms with Gasteiger partial charge >= 0.3 is 0 Å². The van der Waals surface area contributed by atoms with Gasteiger partial charge in [0, 0.05) is 5.56 Å². The van der Waals surface area contributed by atoms with Gasteiger partial charge in [-0.25, -0.2) is 0 Å².